The van der Waals surface area contributed by atoms with E-state index in [9.17, 15) is 13.2 Å². The van der Waals surface area contributed by atoms with Gasteiger partial charge in [0.25, 0.3) is 0 Å². The second-order valence-electron chi connectivity index (χ2n) is 3.86. The third kappa shape index (κ3) is 3.46. The highest BCUT2D eigenvalue weighted by atomic mass is 32.2. The number of nitrogens with one attached hydrogen (secondary N) is 1. The minimum atomic E-state index is -3.10. The Morgan fingerprint density at radius 2 is 2.20 bits per heavy atom. The first kappa shape index (κ1) is 12.4. The van der Waals surface area contributed by atoms with E-state index in [1.165, 1.54) is 11.2 Å². The maximum atomic E-state index is 11.7. The van der Waals surface area contributed by atoms with Crippen molar-refractivity contribution in [3.63, 3.8) is 0 Å². The Balaban J connectivity index is 2.52. The average molecular weight is 234 g/mol. The van der Waals surface area contributed by atoms with Crippen molar-refractivity contribution in [2.45, 2.75) is 32.7 Å². The molecule has 1 N–H and O–H groups in total. The fourth-order valence-electron chi connectivity index (χ4n) is 1.77. The molecule has 1 saturated heterocycles. The van der Waals surface area contributed by atoms with E-state index >= 15 is 0 Å². The zero-order chi connectivity index (χ0) is 11.5. The summed E-state index contributed by atoms with van der Waals surface area (Å²) in [5, 5.41) is 2.74. The number of sulfonamides is 1. The van der Waals surface area contributed by atoms with E-state index in [0.29, 0.717) is 25.9 Å². The number of carbonyl (C=O) groups is 1. The van der Waals surface area contributed by atoms with Gasteiger partial charge >= 0.3 is 0 Å². The summed E-state index contributed by atoms with van der Waals surface area (Å²) in [6, 6.07) is -0.0193. The molecule has 0 aromatic heterocycles. The van der Waals surface area contributed by atoms with Crippen LogP contribution in [0.2, 0.25) is 0 Å². The minimum absolute atomic E-state index is 0.0193. The van der Waals surface area contributed by atoms with Crippen LogP contribution >= 0.6 is 0 Å². The Hall–Kier alpha value is -0.620. The van der Waals surface area contributed by atoms with Gasteiger partial charge in [0.2, 0.25) is 15.9 Å². The van der Waals surface area contributed by atoms with Crippen LogP contribution in [0.5, 0.6) is 0 Å². The molecule has 1 fully saturated rings. The lowest BCUT2D eigenvalue weighted by Gasteiger charge is -2.16. The monoisotopic (exact) mass is 234 g/mol. The molecule has 1 aliphatic rings. The highest BCUT2D eigenvalue weighted by Crippen LogP contribution is 2.14. The molecule has 1 atom stereocenters. The van der Waals surface area contributed by atoms with E-state index < -0.39 is 10.0 Å². The molecule has 0 spiro atoms. The molecule has 0 aromatic rings. The van der Waals surface area contributed by atoms with Crippen molar-refractivity contribution < 1.29 is 13.2 Å². The largest absolute Gasteiger partial charge is 0.352 e. The van der Waals surface area contributed by atoms with E-state index in [1.54, 1.807) is 0 Å². The summed E-state index contributed by atoms with van der Waals surface area (Å²) in [7, 11) is -3.10. The average Bonchev–Trinajstić information content (AvgIpc) is 2.51. The molecule has 0 saturated carbocycles. The predicted molar refractivity (Wildman–Crippen MR) is 57.9 cm³/mol. The van der Waals surface area contributed by atoms with Crippen LogP contribution in [0.15, 0.2) is 0 Å². The topological polar surface area (TPSA) is 66.5 Å². The van der Waals surface area contributed by atoms with Crippen molar-refractivity contribution in [1.29, 1.82) is 0 Å². The number of hydrogen-bond donors (Lipinski definition) is 1. The SMILES string of the molecule is CCCS(=O)(=O)N1CCC(NC(C)=O)C1. The molecule has 88 valence electrons. The second kappa shape index (κ2) is 4.94. The molecule has 0 bridgehead atoms. The van der Waals surface area contributed by atoms with Gasteiger partial charge in [-0.05, 0) is 12.8 Å². The summed E-state index contributed by atoms with van der Waals surface area (Å²) in [6.45, 7) is 4.23. The van der Waals surface area contributed by atoms with E-state index in [0.717, 1.165) is 0 Å². The molecular weight excluding hydrogens is 216 g/mol. The van der Waals surface area contributed by atoms with Gasteiger partial charge in [0, 0.05) is 26.1 Å². The normalized spacial score (nSPS) is 22.9. The van der Waals surface area contributed by atoms with Crippen LogP contribution in [0, 0.1) is 0 Å². The molecule has 0 radical (unpaired) electrons. The first-order chi connectivity index (χ1) is 6.95. The van der Waals surface area contributed by atoms with Crippen LogP contribution in [0.1, 0.15) is 26.7 Å². The van der Waals surface area contributed by atoms with Crippen molar-refractivity contribution in [1.82, 2.24) is 9.62 Å². The number of hydrogen-bond acceptors (Lipinski definition) is 3. The lowest BCUT2D eigenvalue weighted by Crippen LogP contribution is -2.37. The summed E-state index contributed by atoms with van der Waals surface area (Å²) < 4.78 is 24.8. The van der Waals surface area contributed by atoms with Crippen molar-refractivity contribution in [2.24, 2.45) is 0 Å². The highest BCUT2D eigenvalue weighted by Gasteiger charge is 2.30. The standard InChI is InChI=1S/C9H18N2O3S/c1-3-6-15(13,14)11-5-4-9(7-11)10-8(2)12/h9H,3-7H2,1-2H3,(H,10,12). The van der Waals surface area contributed by atoms with Crippen LogP contribution in [0.3, 0.4) is 0 Å². The Morgan fingerprint density at radius 1 is 1.53 bits per heavy atom. The number of amides is 1. The summed E-state index contributed by atoms with van der Waals surface area (Å²) in [6.07, 6.45) is 1.34. The number of carbonyl (C=O) groups excluding carboxylic acids is 1. The molecule has 1 heterocycles. The molecule has 15 heavy (non-hydrogen) atoms. The second-order valence-corrected chi connectivity index (χ2v) is 5.95. The highest BCUT2D eigenvalue weighted by molar-refractivity contribution is 7.89. The van der Waals surface area contributed by atoms with E-state index in [2.05, 4.69) is 5.32 Å². The zero-order valence-corrected chi connectivity index (χ0v) is 10.0. The number of nitrogens with zero attached hydrogens (tertiary/aromatic N) is 1. The van der Waals surface area contributed by atoms with Crippen LogP contribution in [-0.2, 0) is 14.8 Å². The van der Waals surface area contributed by atoms with Crippen molar-refractivity contribution in [2.75, 3.05) is 18.8 Å². The Kier molecular flexibility index (Phi) is 4.10. The maximum Gasteiger partial charge on any atom is 0.217 e. The molecule has 1 unspecified atom stereocenters. The van der Waals surface area contributed by atoms with E-state index in [-0.39, 0.29) is 17.7 Å². The zero-order valence-electron chi connectivity index (χ0n) is 9.19. The summed E-state index contributed by atoms with van der Waals surface area (Å²) in [5.41, 5.74) is 0. The van der Waals surface area contributed by atoms with E-state index in [4.69, 9.17) is 0 Å². The van der Waals surface area contributed by atoms with Crippen molar-refractivity contribution in [3.05, 3.63) is 0 Å². The Labute approximate surface area is 90.9 Å². The first-order valence-electron chi connectivity index (χ1n) is 5.20. The third-order valence-corrected chi connectivity index (χ3v) is 4.46. The Bertz CT molecular complexity index is 326. The molecule has 5 nitrogen and oxygen atoms in total. The molecule has 6 heteroatoms. The van der Waals surface area contributed by atoms with Crippen LogP contribution in [0.25, 0.3) is 0 Å². The fraction of sp³-hybridized carbons (Fsp3) is 0.889. The van der Waals surface area contributed by atoms with Gasteiger partial charge in [0.1, 0.15) is 0 Å². The van der Waals surface area contributed by atoms with Gasteiger partial charge in [0.15, 0.2) is 0 Å². The molecule has 1 amide bonds. The van der Waals surface area contributed by atoms with Crippen LogP contribution in [0.4, 0.5) is 0 Å². The maximum absolute atomic E-state index is 11.7. The van der Waals surface area contributed by atoms with Crippen molar-refractivity contribution in [3.8, 4) is 0 Å². The van der Waals surface area contributed by atoms with Gasteiger partial charge in [-0.25, -0.2) is 8.42 Å². The summed E-state index contributed by atoms with van der Waals surface area (Å²) in [5.74, 6) is 0.0921. The van der Waals surface area contributed by atoms with Gasteiger partial charge in [-0.2, -0.15) is 4.31 Å². The van der Waals surface area contributed by atoms with Gasteiger partial charge in [-0.3, -0.25) is 4.79 Å². The Morgan fingerprint density at radius 3 is 2.73 bits per heavy atom. The lowest BCUT2D eigenvalue weighted by atomic mass is 10.3. The quantitative estimate of drug-likeness (QED) is 0.741. The van der Waals surface area contributed by atoms with E-state index in [1.807, 2.05) is 6.92 Å². The van der Waals surface area contributed by atoms with Crippen molar-refractivity contribution >= 4 is 15.9 Å². The molecule has 0 aliphatic carbocycles. The van der Waals surface area contributed by atoms with Crippen LogP contribution in [-0.4, -0.2) is 43.5 Å². The molecule has 1 rings (SSSR count). The van der Waals surface area contributed by atoms with Gasteiger partial charge < -0.3 is 5.32 Å². The van der Waals surface area contributed by atoms with Gasteiger partial charge in [-0.15, -0.1) is 0 Å². The fourth-order valence-corrected chi connectivity index (χ4v) is 3.34. The summed E-state index contributed by atoms with van der Waals surface area (Å²) in [4.78, 5) is 10.8. The number of rotatable bonds is 4. The molecule has 1 aliphatic heterocycles. The molecular formula is C9H18N2O3S. The van der Waals surface area contributed by atoms with Gasteiger partial charge in [0.05, 0.1) is 5.75 Å². The lowest BCUT2D eigenvalue weighted by molar-refractivity contribution is -0.119. The van der Waals surface area contributed by atoms with Gasteiger partial charge in [-0.1, -0.05) is 6.92 Å². The summed E-state index contributed by atoms with van der Waals surface area (Å²) >= 11 is 0. The minimum Gasteiger partial charge on any atom is -0.352 e. The van der Waals surface area contributed by atoms with Crippen LogP contribution < -0.4 is 5.32 Å². The first-order valence-corrected chi connectivity index (χ1v) is 6.81. The molecule has 0 aromatic carbocycles. The predicted octanol–water partition coefficient (Wildman–Crippen LogP) is -0.0634. The smallest absolute Gasteiger partial charge is 0.217 e. The third-order valence-electron chi connectivity index (χ3n) is 2.41.